The molecule has 0 spiro atoms. The number of hydrogen-bond acceptors (Lipinski definition) is 2. The second-order valence-corrected chi connectivity index (χ2v) is 0.0680. The van der Waals surface area contributed by atoms with E-state index >= 15 is 0 Å². The van der Waals surface area contributed by atoms with Crippen molar-refractivity contribution in [3.05, 3.63) is 9.71 Å². The largest absolute Gasteiger partial charge is 0.154 e. The molecule has 0 aliphatic carbocycles. The molecule has 0 atom stereocenters. The summed E-state index contributed by atoms with van der Waals surface area (Å²) in [5, 5.41) is 7.88. The van der Waals surface area contributed by atoms with Gasteiger partial charge in [0.1, 0.15) is 0 Å². The normalized spacial score (nSPS) is 3.00. The standard InChI is InChI=1S/O3.Ru/c1-3-2;. The minimum Gasteiger partial charge on any atom is -0.0772 e. The molecule has 0 heterocycles. The Bertz CT molecular complexity index is 10.8. The Balaban J connectivity index is 0. The molecule has 26 valence electrons. The van der Waals surface area contributed by atoms with Crippen molar-refractivity contribution in [2.24, 2.45) is 0 Å². The van der Waals surface area contributed by atoms with Gasteiger partial charge in [-0.1, -0.05) is 10.2 Å². The van der Waals surface area contributed by atoms with E-state index in [2.05, 4.69) is 0 Å². The molecule has 4 heavy (non-hydrogen) atoms. The van der Waals surface area contributed by atoms with E-state index in [-0.39, 0.29) is 19.5 Å². The van der Waals surface area contributed by atoms with E-state index in [9.17, 15) is 0 Å². The first-order valence-corrected chi connectivity index (χ1v) is 0.333. The van der Waals surface area contributed by atoms with E-state index in [1.165, 1.54) is 0 Å². The Hall–Kier alpha value is 0.0234. The summed E-state index contributed by atoms with van der Waals surface area (Å²) in [6.45, 7) is 0. The van der Waals surface area contributed by atoms with Crippen molar-refractivity contribution in [2.45, 2.75) is 0 Å². The molecule has 4 heteroatoms. The van der Waals surface area contributed by atoms with Crippen LogP contribution < -0.4 is 5.26 Å². The van der Waals surface area contributed by atoms with Gasteiger partial charge in [0.25, 0.3) is 0 Å². The topological polar surface area (TPSA) is 51.4 Å². The van der Waals surface area contributed by atoms with Crippen LogP contribution in [0.15, 0.2) is 0 Å². The van der Waals surface area contributed by atoms with Crippen LogP contribution in [0.3, 0.4) is 0 Å². The average Bonchev–Trinajstić information content (AvgIpc) is 0.918. The smallest absolute Gasteiger partial charge is 0.0772 e. The third-order valence-electron chi connectivity index (χ3n) is 0. The molecule has 3 nitrogen and oxygen atoms in total. The predicted octanol–water partition coefficient (Wildman–Crippen LogP) is -1.12. The van der Waals surface area contributed by atoms with Crippen molar-refractivity contribution in [1.82, 2.24) is 0 Å². The fourth-order valence-corrected chi connectivity index (χ4v) is 0. The van der Waals surface area contributed by atoms with Gasteiger partial charge in [0.2, 0.25) is 0 Å². The molecule has 0 aromatic heterocycles. The van der Waals surface area contributed by atoms with Gasteiger partial charge in [-0.25, -0.2) is 0 Å². The average molecular weight is 149 g/mol. The maximum atomic E-state index is 7.88. The summed E-state index contributed by atoms with van der Waals surface area (Å²) in [6, 6.07) is 0. The van der Waals surface area contributed by atoms with Crippen molar-refractivity contribution in [3.63, 3.8) is 0 Å². The molecule has 0 fully saturated rings. The molecular formula is O3Ru. The summed E-state index contributed by atoms with van der Waals surface area (Å²) in [4.78, 5) is 7.88. The van der Waals surface area contributed by atoms with E-state index in [1.54, 1.807) is 4.75 Å². The fourth-order valence-electron chi connectivity index (χ4n) is 0. The molecule has 0 saturated carbocycles. The molecule has 0 rings (SSSR count). The summed E-state index contributed by atoms with van der Waals surface area (Å²) in [6.07, 6.45) is 0. The minimum atomic E-state index is 0. The Morgan fingerprint density at radius 2 is 1.75 bits per heavy atom. The quantitative estimate of drug-likeness (QED) is 0.189. The molecule has 0 unspecified atom stereocenters. The van der Waals surface area contributed by atoms with Crippen LogP contribution in [0, 0.1) is 9.71 Å². The van der Waals surface area contributed by atoms with Crippen molar-refractivity contribution >= 4 is 0 Å². The Morgan fingerprint density at radius 3 is 1.75 bits per heavy atom. The van der Waals surface area contributed by atoms with Crippen LogP contribution in [-0.4, -0.2) is 0 Å². The van der Waals surface area contributed by atoms with Gasteiger partial charge in [-0.2, -0.15) is 0 Å². The molecular weight excluding hydrogens is 149 g/mol. The van der Waals surface area contributed by atoms with E-state index in [0.717, 1.165) is 0 Å². The van der Waals surface area contributed by atoms with Gasteiger partial charge < -0.3 is 0 Å². The van der Waals surface area contributed by atoms with Crippen molar-refractivity contribution in [2.75, 3.05) is 0 Å². The SMILES string of the molecule is O=[O+][O-].[Ru]. The van der Waals surface area contributed by atoms with Crippen LogP contribution in [0.25, 0.3) is 0 Å². The van der Waals surface area contributed by atoms with E-state index < -0.39 is 0 Å². The zero-order valence-corrected chi connectivity index (χ0v) is 3.32. The first kappa shape index (κ1) is 8.98. The monoisotopic (exact) mass is 150 g/mol. The molecule has 0 aromatic rings. The van der Waals surface area contributed by atoms with Gasteiger partial charge in [0.15, 0.2) is 4.75 Å². The molecule has 0 bridgehead atoms. The van der Waals surface area contributed by atoms with Gasteiger partial charge in [-0.3, -0.25) is 0 Å². The summed E-state index contributed by atoms with van der Waals surface area (Å²) in [5.41, 5.74) is 0. The van der Waals surface area contributed by atoms with Crippen molar-refractivity contribution in [3.8, 4) is 0 Å². The predicted molar refractivity (Wildman–Crippen MR) is 6.73 cm³/mol. The summed E-state index contributed by atoms with van der Waals surface area (Å²) in [7, 11) is 0. The van der Waals surface area contributed by atoms with Gasteiger partial charge >= 0.3 is 0 Å². The van der Waals surface area contributed by atoms with E-state index in [4.69, 9.17) is 10.2 Å². The van der Waals surface area contributed by atoms with Gasteiger partial charge in [0, 0.05) is 19.5 Å². The minimum absolute atomic E-state index is 0. The van der Waals surface area contributed by atoms with Crippen LogP contribution in [0.4, 0.5) is 0 Å². The van der Waals surface area contributed by atoms with Gasteiger partial charge in [-0.15, -0.1) is 0 Å². The molecule has 0 aromatic carbocycles. The maximum absolute atomic E-state index is 7.88. The van der Waals surface area contributed by atoms with Crippen LogP contribution in [0.5, 0.6) is 0 Å². The second-order valence-electron chi connectivity index (χ2n) is 0.0680. The zero-order valence-electron chi connectivity index (χ0n) is 1.58. The summed E-state index contributed by atoms with van der Waals surface area (Å²) >= 11 is 0. The summed E-state index contributed by atoms with van der Waals surface area (Å²) in [5.74, 6) is 0. The van der Waals surface area contributed by atoms with Crippen molar-refractivity contribution < 1.29 is 24.7 Å². The Kier molecular flexibility index (Phi) is 26.5. The van der Waals surface area contributed by atoms with Gasteiger partial charge in [0.05, 0.1) is 0 Å². The molecule has 0 amide bonds. The van der Waals surface area contributed by atoms with E-state index in [0.29, 0.717) is 0 Å². The third kappa shape index (κ3) is 3880. The van der Waals surface area contributed by atoms with Crippen LogP contribution in [0.2, 0.25) is 0 Å². The van der Waals surface area contributed by atoms with E-state index in [1.807, 2.05) is 0 Å². The summed E-state index contributed by atoms with van der Waals surface area (Å²) < 4.78 is 1.75. The zero-order chi connectivity index (χ0) is 2.71. The molecule has 0 N–H and O–H groups in total. The van der Waals surface area contributed by atoms with Crippen LogP contribution in [0.1, 0.15) is 0 Å². The fraction of sp³-hybridized carbons (Fsp3) is 0. The Morgan fingerprint density at radius 1 is 1.75 bits per heavy atom. The number of rotatable bonds is 0. The molecule has 0 aliphatic rings. The van der Waals surface area contributed by atoms with Gasteiger partial charge in [-0.05, 0) is 0 Å². The first-order valence-electron chi connectivity index (χ1n) is 0.333. The molecule has 0 aliphatic heterocycles. The first-order chi connectivity index (χ1) is 1.41. The number of hydrogen-bond donors (Lipinski definition) is 0. The van der Waals surface area contributed by atoms with Crippen LogP contribution >= 0.6 is 0 Å². The van der Waals surface area contributed by atoms with Crippen molar-refractivity contribution in [1.29, 1.82) is 0 Å². The maximum Gasteiger partial charge on any atom is 0.154 e. The third-order valence-corrected chi connectivity index (χ3v) is 0. The molecule has 0 saturated heterocycles. The van der Waals surface area contributed by atoms with Crippen LogP contribution in [-0.2, 0) is 19.5 Å². The second kappa shape index (κ2) is 11.8. The Labute approximate surface area is 35.2 Å². The molecule has 0 radical (unpaired) electrons.